The first-order valence-electron chi connectivity index (χ1n) is 12.1. The molecule has 182 valence electrons. The van der Waals surface area contributed by atoms with Crippen molar-refractivity contribution >= 4 is 17.3 Å². The van der Waals surface area contributed by atoms with E-state index in [9.17, 15) is 4.79 Å². The van der Waals surface area contributed by atoms with Crippen molar-refractivity contribution in [2.75, 3.05) is 37.8 Å². The van der Waals surface area contributed by atoms with Crippen molar-refractivity contribution in [3.63, 3.8) is 0 Å². The maximum absolute atomic E-state index is 13.5. The van der Waals surface area contributed by atoms with Gasteiger partial charge in [-0.2, -0.15) is 0 Å². The van der Waals surface area contributed by atoms with Gasteiger partial charge >= 0.3 is 5.97 Å². The lowest BCUT2D eigenvalue weighted by molar-refractivity contribution is 0.0529. The van der Waals surface area contributed by atoms with Gasteiger partial charge < -0.3 is 18.8 Å². The zero-order chi connectivity index (χ0) is 24.4. The fourth-order valence-corrected chi connectivity index (χ4v) is 4.58. The molecule has 35 heavy (non-hydrogen) atoms. The Bertz CT molecular complexity index is 1340. The average Bonchev–Trinajstić information content (AvgIpc) is 3.46. The highest BCUT2D eigenvalue weighted by Gasteiger charge is 2.32. The van der Waals surface area contributed by atoms with Crippen LogP contribution in [0.5, 0.6) is 0 Å². The molecule has 0 spiro atoms. The lowest BCUT2D eigenvalue weighted by Gasteiger charge is -2.28. The summed E-state index contributed by atoms with van der Waals surface area (Å²) in [5, 5.41) is 13.4. The molecule has 1 aliphatic heterocycles. The van der Waals surface area contributed by atoms with Gasteiger partial charge in [-0.3, -0.25) is 0 Å². The van der Waals surface area contributed by atoms with E-state index in [4.69, 9.17) is 19.0 Å². The normalized spacial score (nSPS) is 14.0. The predicted molar refractivity (Wildman–Crippen MR) is 132 cm³/mol. The molecular formula is C26H29N5O4. The molecule has 9 nitrogen and oxygen atoms in total. The van der Waals surface area contributed by atoms with Crippen molar-refractivity contribution < 1.29 is 18.7 Å². The molecule has 0 bridgehead atoms. The molecule has 1 fully saturated rings. The molecule has 3 aromatic heterocycles. The molecule has 0 radical (unpaired) electrons. The standard InChI is InChI=1S/C26H29N5O4/c1-4-9-20-22(25-28-27-17(3)35-25)23(26(32)34-5-2)24-19(18-10-7-6-8-11-18)16-21(29-31(20)24)30-12-14-33-15-13-30/h6-8,10-11,16H,4-5,9,12-15H2,1-3H3. The van der Waals surface area contributed by atoms with Crippen molar-refractivity contribution in [1.29, 1.82) is 0 Å². The van der Waals surface area contributed by atoms with Crippen molar-refractivity contribution in [2.24, 2.45) is 0 Å². The van der Waals surface area contributed by atoms with E-state index < -0.39 is 5.97 Å². The van der Waals surface area contributed by atoms with Crippen LogP contribution in [0, 0.1) is 6.92 Å². The smallest absolute Gasteiger partial charge is 0.341 e. The van der Waals surface area contributed by atoms with E-state index in [1.807, 2.05) is 34.8 Å². The number of anilines is 1. The molecule has 0 unspecified atom stereocenters. The van der Waals surface area contributed by atoms with Gasteiger partial charge in [-0.15, -0.1) is 15.3 Å². The number of carbonyl (C=O) groups is 1. The summed E-state index contributed by atoms with van der Waals surface area (Å²) >= 11 is 0. The minimum atomic E-state index is -0.434. The van der Waals surface area contributed by atoms with Crippen molar-refractivity contribution in [1.82, 2.24) is 19.8 Å². The second-order valence-electron chi connectivity index (χ2n) is 8.44. The van der Waals surface area contributed by atoms with E-state index in [1.54, 1.807) is 13.8 Å². The van der Waals surface area contributed by atoms with Gasteiger partial charge in [0.05, 0.1) is 36.6 Å². The number of rotatable bonds is 7. The van der Waals surface area contributed by atoms with Crippen molar-refractivity contribution in [2.45, 2.75) is 33.6 Å². The number of hydrogen-bond donors (Lipinski definition) is 0. The summed E-state index contributed by atoms with van der Waals surface area (Å²) in [5.74, 6) is 1.12. The minimum Gasteiger partial charge on any atom is -0.462 e. The topological polar surface area (TPSA) is 95.0 Å². The SMILES string of the molecule is CCCc1c(-c2nnc(C)o2)c(C(=O)OCC)c2c(-c3ccccc3)cc(N3CCOCC3)nn12. The second-order valence-corrected chi connectivity index (χ2v) is 8.44. The molecule has 0 aliphatic carbocycles. The highest BCUT2D eigenvalue weighted by molar-refractivity contribution is 6.08. The Morgan fingerprint density at radius 1 is 1.11 bits per heavy atom. The van der Waals surface area contributed by atoms with Crippen LogP contribution >= 0.6 is 0 Å². The molecule has 0 saturated carbocycles. The van der Waals surface area contributed by atoms with E-state index >= 15 is 0 Å². The van der Waals surface area contributed by atoms with E-state index in [2.05, 4.69) is 28.1 Å². The summed E-state index contributed by atoms with van der Waals surface area (Å²) in [6.45, 7) is 8.67. The summed E-state index contributed by atoms with van der Waals surface area (Å²) in [6, 6.07) is 12.1. The van der Waals surface area contributed by atoms with E-state index in [-0.39, 0.29) is 6.61 Å². The zero-order valence-electron chi connectivity index (χ0n) is 20.3. The van der Waals surface area contributed by atoms with Gasteiger partial charge in [0.25, 0.3) is 5.89 Å². The number of nitrogens with zero attached hydrogens (tertiary/aromatic N) is 5. The van der Waals surface area contributed by atoms with E-state index in [0.29, 0.717) is 48.1 Å². The maximum atomic E-state index is 13.5. The summed E-state index contributed by atoms with van der Waals surface area (Å²) in [4.78, 5) is 15.7. The fourth-order valence-electron chi connectivity index (χ4n) is 4.58. The first-order valence-corrected chi connectivity index (χ1v) is 12.1. The number of esters is 1. The monoisotopic (exact) mass is 475 g/mol. The van der Waals surface area contributed by atoms with Crippen LogP contribution in [0.3, 0.4) is 0 Å². The highest BCUT2D eigenvalue weighted by Crippen LogP contribution is 2.39. The quantitative estimate of drug-likeness (QED) is 0.365. The lowest BCUT2D eigenvalue weighted by atomic mass is 10.0. The molecular weight excluding hydrogens is 446 g/mol. The third-order valence-corrected chi connectivity index (χ3v) is 6.10. The summed E-state index contributed by atoms with van der Waals surface area (Å²) < 4.78 is 18.8. The van der Waals surface area contributed by atoms with Crippen LogP contribution in [0.15, 0.2) is 40.8 Å². The number of aryl methyl sites for hydroxylation is 2. The van der Waals surface area contributed by atoms with Crippen LogP contribution < -0.4 is 4.90 Å². The Labute approximate surface area is 203 Å². The molecule has 0 amide bonds. The van der Waals surface area contributed by atoms with Crippen LogP contribution in [0.2, 0.25) is 0 Å². The lowest BCUT2D eigenvalue weighted by Crippen LogP contribution is -2.37. The third-order valence-electron chi connectivity index (χ3n) is 6.10. The second kappa shape index (κ2) is 9.87. The van der Waals surface area contributed by atoms with Crippen molar-refractivity contribution in [3.05, 3.63) is 53.5 Å². The van der Waals surface area contributed by atoms with Crippen LogP contribution in [-0.2, 0) is 15.9 Å². The predicted octanol–water partition coefficient (Wildman–Crippen LogP) is 4.33. The number of hydrogen-bond acceptors (Lipinski definition) is 8. The first-order chi connectivity index (χ1) is 17.1. The zero-order valence-corrected chi connectivity index (χ0v) is 20.3. The molecule has 9 heteroatoms. The Morgan fingerprint density at radius 2 is 1.89 bits per heavy atom. The summed E-state index contributed by atoms with van der Waals surface area (Å²) in [6.07, 6.45) is 1.52. The minimum absolute atomic E-state index is 0.252. The first kappa shape index (κ1) is 23.0. The Morgan fingerprint density at radius 3 is 2.54 bits per heavy atom. The van der Waals surface area contributed by atoms with Gasteiger partial charge in [0.15, 0.2) is 0 Å². The van der Waals surface area contributed by atoms with Crippen molar-refractivity contribution in [3.8, 4) is 22.6 Å². The van der Waals surface area contributed by atoms with Gasteiger partial charge in [-0.05, 0) is 25.0 Å². The Kier molecular flexibility index (Phi) is 6.50. The molecule has 4 aromatic rings. The summed E-state index contributed by atoms with van der Waals surface area (Å²) in [7, 11) is 0. The molecule has 0 N–H and O–H groups in total. The number of carbonyl (C=O) groups excluding carboxylic acids is 1. The molecule has 0 atom stereocenters. The Hall–Kier alpha value is -3.72. The third kappa shape index (κ3) is 4.27. The van der Waals surface area contributed by atoms with E-state index in [0.717, 1.165) is 42.1 Å². The largest absolute Gasteiger partial charge is 0.462 e. The molecule has 1 saturated heterocycles. The van der Waals surface area contributed by atoms with Gasteiger partial charge in [-0.25, -0.2) is 9.31 Å². The van der Waals surface area contributed by atoms with Gasteiger partial charge in [0.2, 0.25) is 5.89 Å². The highest BCUT2D eigenvalue weighted by atomic mass is 16.5. The van der Waals surface area contributed by atoms with Crippen LogP contribution in [0.4, 0.5) is 5.82 Å². The van der Waals surface area contributed by atoms with Crippen LogP contribution in [0.1, 0.15) is 42.2 Å². The number of benzene rings is 1. The molecule has 1 aromatic carbocycles. The number of aromatic nitrogens is 4. The molecule has 4 heterocycles. The molecule has 5 rings (SSSR count). The van der Waals surface area contributed by atoms with Gasteiger partial charge in [-0.1, -0.05) is 43.7 Å². The molecule has 1 aliphatic rings. The number of fused-ring (bicyclic) bond motifs is 1. The number of ether oxygens (including phenoxy) is 2. The van der Waals surface area contributed by atoms with Gasteiger partial charge in [0, 0.05) is 25.6 Å². The number of morpholine rings is 1. The summed E-state index contributed by atoms with van der Waals surface area (Å²) in [5.41, 5.74) is 4.40. The van der Waals surface area contributed by atoms with Crippen LogP contribution in [-0.4, -0.2) is 58.7 Å². The van der Waals surface area contributed by atoms with E-state index in [1.165, 1.54) is 0 Å². The Balaban J connectivity index is 1.89. The maximum Gasteiger partial charge on any atom is 0.341 e. The van der Waals surface area contributed by atoms with Gasteiger partial charge in [0.1, 0.15) is 11.4 Å². The average molecular weight is 476 g/mol. The van der Waals surface area contributed by atoms with Crippen LogP contribution in [0.25, 0.3) is 28.1 Å². The fraction of sp³-hybridized carbons (Fsp3) is 0.385.